The molecule has 0 unspecified atom stereocenters. The van der Waals surface area contributed by atoms with Crippen LogP contribution in [-0.2, 0) is 14.3 Å². The molecule has 2 N–H and O–H groups in total. The molecule has 0 aliphatic heterocycles. The van der Waals surface area contributed by atoms with Crippen LogP contribution in [-0.4, -0.2) is 31.5 Å². The molecule has 3 aromatic carbocycles. The van der Waals surface area contributed by atoms with Crippen molar-refractivity contribution in [3.63, 3.8) is 0 Å². The second-order valence-electron chi connectivity index (χ2n) is 7.92. The van der Waals surface area contributed by atoms with Gasteiger partial charge in [-0.3, -0.25) is 9.59 Å². The van der Waals surface area contributed by atoms with Crippen molar-refractivity contribution in [2.75, 3.05) is 24.4 Å². The van der Waals surface area contributed by atoms with E-state index in [4.69, 9.17) is 4.74 Å². The van der Waals surface area contributed by atoms with Crippen molar-refractivity contribution in [1.82, 2.24) is 0 Å². The van der Waals surface area contributed by atoms with Gasteiger partial charge in [0.2, 0.25) is 0 Å². The summed E-state index contributed by atoms with van der Waals surface area (Å²) in [6.07, 6.45) is 1.42. The fraction of sp³-hybridized carbons (Fsp3) is 0.143. The van der Waals surface area contributed by atoms with Crippen LogP contribution >= 0.6 is 0 Å². The molecule has 3 aromatic rings. The van der Waals surface area contributed by atoms with E-state index in [1.807, 2.05) is 38.1 Å². The summed E-state index contributed by atoms with van der Waals surface area (Å²) < 4.78 is 10.2. The third-order valence-electron chi connectivity index (χ3n) is 5.12. The quantitative estimate of drug-likeness (QED) is 0.274. The standard InChI is InChI=1S/C28H25N3O5/c1-18-7-12-25(19(2)13-18)31-26(32)17-36-24-6-4-5-20(15-24)14-22(16-29)27(33)30-23-10-8-21(9-11-23)28(34)35-3/h4-15H,17H2,1-3H3,(H,30,33)(H,31,32)/b22-14-. The van der Waals surface area contributed by atoms with Crippen LogP contribution in [0.2, 0.25) is 0 Å². The minimum absolute atomic E-state index is 0.128. The number of nitrogens with one attached hydrogen (secondary N) is 2. The van der Waals surface area contributed by atoms with Gasteiger partial charge in [0.25, 0.3) is 11.8 Å². The number of carbonyl (C=O) groups excluding carboxylic acids is 3. The Morgan fingerprint density at radius 1 is 0.972 bits per heavy atom. The predicted octanol–water partition coefficient (Wildman–Crippen LogP) is 4.65. The average molecular weight is 484 g/mol. The SMILES string of the molecule is COC(=O)c1ccc(NC(=O)/C(C#N)=C\c2cccc(OCC(=O)Nc3ccc(C)cc3C)c2)cc1. The summed E-state index contributed by atoms with van der Waals surface area (Å²) in [4.78, 5) is 36.4. The number of aryl methyl sites for hydroxylation is 2. The highest BCUT2D eigenvalue weighted by Crippen LogP contribution is 2.19. The molecule has 8 nitrogen and oxygen atoms in total. The van der Waals surface area contributed by atoms with Gasteiger partial charge in [-0.05, 0) is 73.5 Å². The highest BCUT2D eigenvalue weighted by molar-refractivity contribution is 6.09. The fourth-order valence-corrected chi connectivity index (χ4v) is 3.30. The summed E-state index contributed by atoms with van der Waals surface area (Å²) in [7, 11) is 1.28. The number of amides is 2. The van der Waals surface area contributed by atoms with Gasteiger partial charge in [0.15, 0.2) is 6.61 Å². The van der Waals surface area contributed by atoms with Crippen molar-refractivity contribution in [3.05, 3.63) is 94.6 Å². The lowest BCUT2D eigenvalue weighted by Crippen LogP contribution is -2.20. The molecule has 182 valence electrons. The Hall–Kier alpha value is -4.90. The monoisotopic (exact) mass is 483 g/mol. The number of ether oxygens (including phenoxy) is 2. The van der Waals surface area contributed by atoms with Gasteiger partial charge in [-0.25, -0.2) is 4.79 Å². The Balaban J connectivity index is 1.62. The zero-order valence-corrected chi connectivity index (χ0v) is 20.1. The van der Waals surface area contributed by atoms with E-state index in [1.54, 1.807) is 24.3 Å². The van der Waals surface area contributed by atoms with Crippen molar-refractivity contribution in [2.24, 2.45) is 0 Å². The number of rotatable bonds is 8. The second-order valence-corrected chi connectivity index (χ2v) is 7.92. The Morgan fingerprint density at radius 3 is 2.39 bits per heavy atom. The normalized spacial score (nSPS) is 10.7. The highest BCUT2D eigenvalue weighted by atomic mass is 16.5. The third kappa shape index (κ3) is 7.05. The van der Waals surface area contributed by atoms with Crippen LogP contribution in [0.1, 0.15) is 27.0 Å². The number of nitriles is 1. The second kappa shape index (κ2) is 12.0. The Morgan fingerprint density at radius 2 is 1.72 bits per heavy atom. The molecule has 8 heteroatoms. The number of esters is 1. The van der Waals surface area contributed by atoms with Crippen molar-refractivity contribution >= 4 is 35.2 Å². The first-order valence-electron chi connectivity index (χ1n) is 11.0. The first-order chi connectivity index (χ1) is 17.3. The zero-order chi connectivity index (χ0) is 26.1. The van der Waals surface area contributed by atoms with Crippen LogP contribution in [0.3, 0.4) is 0 Å². The molecule has 0 saturated carbocycles. The van der Waals surface area contributed by atoms with E-state index in [-0.39, 0.29) is 18.1 Å². The topological polar surface area (TPSA) is 118 Å². The summed E-state index contributed by atoms with van der Waals surface area (Å²) in [5, 5.41) is 14.9. The molecule has 0 saturated heterocycles. The molecule has 3 rings (SSSR count). The highest BCUT2D eigenvalue weighted by Gasteiger charge is 2.12. The van der Waals surface area contributed by atoms with Gasteiger partial charge in [0.05, 0.1) is 12.7 Å². The van der Waals surface area contributed by atoms with E-state index in [0.717, 1.165) is 16.8 Å². The summed E-state index contributed by atoms with van der Waals surface area (Å²) in [5.41, 5.74) is 3.96. The predicted molar refractivity (Wildman–Crippen MR) is 136 cm³/mol. The molecule has 0 bridgehead atoms. The molecule has 0 aliphatic rings. The molecule has 2 amide bonds. The van der Waals surface area contributed by atoms with Crippen molar-refractivity contribution in [3.8, 4) is 11.8 Å². The van der Waals surface area contributed by atoms with E-state index in [9.17, 15) is 19.6 Å². The maximum absolute atomic E-state index is 12.6. The van der Waals surface area contributed by atoms with Crippen LogP contribution in [0, 0.1) is 25.2 Å². The summed E-state index contributed by atoms with van der Waals surface area (Å²) in [5.74, 6) is -0.994. The van der Waals surface area contributed by atoms with Gasteiger partial charge in [-0.15, -0.1) is 0 Å². The number of methoxy groups -OCH3 is 1. The van der Waals surface area contributed by atoms with Crippen LogP contribution in [0.5, 0.6) is 5.75 Å². The van der Waals surface area contributed by atoms with Gasteiger partial charge < -0.3 is 20.1 Å². The number of nitrogens with zero attached hydrogens (tertiary/aromatic N) is 1. The first kappa shape index (κ1) is 25.7. The van der Waals surface area contributed by atoms with Crippen molar-refractivity contribution in [2.45, 2.75) is 13.8 Å². The summed E-state index contributed by atoms with van der Waals surface area (Å²) in [6, 6.07) is 20.4. The summed E-state index contributed by atoms with van der Waals surface area (Å²) >= 11 is 0. The van der Waals surface area contributed by atoms with Crippen LogP contribution in [0.25, 0.3) is 6.08 Å². The van der Waals surface area contributed by atoms with E-state index >= 15 is 0 Å². The Labute approximate surface area is 209 Å². The molecule has 0 fully saturated rings. The lowest BCUT2D eigenvalue weighted by Gasteiger charge is -2.10. The molecular weight excluding hydrogens is 458 g/mol. The number of anilines is 2. The smallest absolute Gasteiger partial charge is 0.337 e. The molecule has 0 aliphatic carbocycles. The number of hydrogen-bond acceptors (Lipinski definition) is 6. The number of carbonyl (C=O) groups is 3. The number of benzene rings is 3. The molecule has 0 spiro atoms. The van der Waals surface area contributed by atoms with E-state index < -0.39 is 11.9 Å². The third-order valence-corrected chi connectivity index (χ3v) is 5.12. The van der Waals surface area contributed by atoms with Crippen LogP contribution in [0.4, 0.5) is 11.4 Å². The van der Waals surface area contributed by atoms with E-state index in [2.05, 4.69) is 15.4 Å². The van der Waals surface area contributed by atoms with Crippen molar-refractivity contribution < 1.29 is 23.9 Å². The Kier molecular flexibility index (Phi) is 8.57. The number of hydrogen-bond donors (Lipinski definition) is 2. The minimum Gasteiger partial charge on any atom is -0.484 e. The first-order valence-corrected chi connectivity index (χ1v) is 11.0. The fourth-order valence-electron chi connectivity index (χ4n) is 3.30. The maximum Gasteiger partial charge on any atom is 0.337 e. The zero-order valence-electron chi connectivity index (χ0n) is 20.1. The molecular formula is C28H25N3O5. The lowest BCUT2D eigenvalue weighted by molar-refractivity contribution is -0.118. The van der Waals surface area contributed by atoms with Gasteiger partial charge in [-0.2, -0.15) is 5.26 Å². The van der Waals surface area contributed by atoms with Gasteiger partial charge in [0.1, 0.15) is 17.4 Å². The maximum atomic E-state index is 12.6. The molecule has 0 atom stereocenters. The average Bonchev–Trinajstić information content (AvgIpc) is 2.88. The minimum atomic E-state index is -0.609. The Bertz CT molecular complexity index is 1350. The van der Waals surface area contributed by atoms with Crippen LogP contribution in [0.15, 0.2) is 72.3 Å². The molecule has 0 aromatic heterocycles. The van der Waals surface area contributed by atoms with E-state index in [1.165, 1.54) is 37.5 Å². The lowest BCUT2D eigenvalue weighted by atomic mass is 10.1. The van der Waals surface area contributed by atoms with Gasteiger partial charge >= 0.3 is 5.97 Å². The molecule has 0 heterocycles. The van der Waals surface area contributed by atoms with Crippen LogP contribution < -0.4 is 15.4 Å². The van der Waals surface area contributed by atoms with Gasteiger partial charge in [-0.1, -0.05) is 29.8 Å². The van der Waals surface area contributed by atoms with Gasteiger partial charge in [0, 0.05) is 11.4 Å². The largest absolute Gasteiger partial charge is 0.484 e. The van der Waals surface area contributed by atoms with Crippen molar-refractivity contribution in [1.29, 1.82) is 5.26 Å². The summed E-state index contributed by atoms with van der Waals surface area (Å²) in [6.45, 7) is 3.70. The molecule has 36 heavy (non-hydrogen) atoms. The molecule has 0 radical (unpaired) electrons. The van der Waals surface area contributed by atoms with E-state index in [0.29, 0.717) is 22.6 Å².